The zero-order valence-electron chi connectivity index (χ0n) is 11.2. The minimum absolute atomic E-state index is 0.109. The van der Waals surface area contributed by atoms with Crippen LogP contribution >= 0.6 is 0 Å². The molecule has 2 saturated carbocycles. The van der Waals surface area contributed by atoms with Crippen molar-refractivity contribution in [2.45, 2.75) is 45.1 Å². The second kappa shape index (κ2) is 5.15. The van der Waals surface area contributed by atoms with Gasteiger partial charge in [-0.2, -0.15) is 0 Å². The van der Waals surface area contributed by atoms with Crippen LogP contribution in [0.5, 0.6) is 0 Å². The lowest BCUT2D eigenvalue weighted by Crippen LogP contribution is -2.20. The van der Waals surface area contributed by atoms with Gasteiger partial charge in [-0.15, -0.1) is 0 Å². The fourth-order valence-corrected chi connectivity index (χ4v) is 2.59. The highest BCUT2D eigenvalue weighted by Crippen LogP contribution is 2.31. The second-order valence-corrected chi connectivity index (χ2v) is 5.73. The van der Waals surface area contributed by atoms with Gasteiger partial charge in [0.05, 0.1) is 18.1 Å². The minimum atomic E-state index is 0.109. The normalized spacial score (nSPS) is 26.2. The molecule has 0 aromatic carbocycles. The number of aromatic nitrogens is 2. The number of hydrogen-bond acceptors (Lipinski definition) is 4. The van der Waals surface area contributed by atoms with Crippen molar-refractivity contribution in [1.29, 1.82) is 0 Å². The molecular formula is C14H20N4O. The Labute approximate surface area is 113 Å². The first kappa shape index (κ1) is 12.4. The van der Waals surface area contributed by atoms with Crippen LogP contribution in [0.15, 0.2) is 12.4 Å². The van der Waals surface area contributed by atoms with Crippen molar-refractivity contribution in [1.82, 2.24) is 9.97 Å². The molecule has 0 spiro atoms. The Bertz CT molecular complexity index is 453. The molecule has 0 radical (unpaired) electrons. The summed E-state index contributed by atoms with van der Waals surface area (Å²) in [7, 11) is 0. The largest absolute Gasteiger partial charge is 0.351 e. The van der Waals surface area contributed by atoms with Crippen LogP contribution in [0.4, 0.5) is 11.6 Å². The number of nitrogens with one attached hydrogen (secondary N) is 2. The van der Waals surface area contributed by atoms with Crippen LogP contribution in [0.3, 0.4) is 0 Å². The molecule has 1 amide bonds. The van der Waals surface area contributed by atoms with Gasteiger partial charge in [-0.1, -0.05) is 19.8 Å². The zero-order valence-corrected chi connectivity index (χ0v) is 11.2. The van der Waals surface area contributed by atoms with E-state index in [4.69, 9.17) is 0 Å². The van der Waals surface area contributed by atoms with Gasteiger partial charge >= 0.3 is 0 Å². The standard InChI is InChI=1S/C14H20N4O/c1-9-6-12(9)18-14-15-7-11(8-16-14)17-13(19)10-4-2-3-5-10/h7-10,12H,2-6H2,1H3,(H,17,19)(H,15,16,18). The van der Waals surface area contributed by atoms with E-state index >= 15 is 0 Å². The summed E-state index contributed by atoms with van der Waals surface area (Å²) in [5.74, 6) is 1.64. The Morgan fingerprint density at radius 1 is 1.26 bits per heavy atom. The number of carbonyl (C=O) groups excluding carboxylic acids is 1. The van der Waals surface area contributed by atoms with Crippen molar-refractivity contribution in [3.8, 4) is 0 Å². The van der Waals surface area contributed by atoms with Crippen molar-refractivity contribution in [3.05, 3.63) is 12.4 Å². The van der Waals surface area contributed by atoms with Crippen LogP contribution in [-0.4, -0.2) is 21.9 Å². The lowest BCUT2D eigenvalue weighted by molar-refractivity contribution is -0.119. The summed E-state index contributed by atoms with van der Waals surface area (Å²) in [5.41, 5.74) is 0.686. The molecular weight excluding hydrogens is 240 g/mol. The van der Waals surface area contributed by atoms with E-state index < -0.39 is 0 Å². The molecule has 2 fully saturated rings. The number of hydrogen-bond donors (Lipinski definition) is 2. The number of nitrogens with zero attached hydrogens (tertiary/aromatic N) is 2. The van der Waals surface area contributed by atoms with Crippen molar-refractivity contribution in [2.75, 3.05) is 10.6 Å². The van der Waals surface area contributed by atoms with E-state index in [0.717, 1.165) is 25.7 Å². The van der Waals surface area contributed by atoms with Crippen LogP contribution in [0.1, 0.15) is 39.0 Å². The van der Waals surface area contributed by atoms with E-state index in [1.807, 2.05) is 0 Å². The van der Waals surface area contributed by atoms with Crippen molar-refractivity contribution in [3.63, 3.8) is 0 Å². The van der Waals surface area contributed by atoms with E-state index in [-0.39, 0.29) is 11.8 Å². The van der Waals surface area contributed by atoms with Gasteiger partial charge in [-0.05, 0) is 25.2 Å². The molecule has 0 saturated heterocycles. The van der Waals surface area contributed by atoms with E-state index in [1.54, 1.807) is 12.4 Å². The molecule has 5 heteroatoms. The average Bonchev–Trinajstić information content (AvgIpc) is 2.92. The number of amides is 1. The minimum Gasteiger partial charge on any atom is -0.351 e. The monoisotopic (exact) mass is 260 g/mol. The van der Waals surface area contributed by atoms with Gasteiger partial charge in [-0.25, -0.2) is 9.97 Å². The second-order valence-electron chi connectivity index (χ2n) is 5.73. The van der Waals surface area contributed by atoms with Gasteiger partial charge in [-0.3, -0.25) is 4.79 Å². The fourth-order valence-electron chi connectivity index (χ4n) is 2.59. The van der Waals surface area contributed by atoms with E-state index in [9.17, 15) is 4.79 Å². The Hall–Kier alpha value is -1.65. The first-order valence-electron chi connectivity index (χ1n) is 7.12. The third-order valence-electron chi connectivity index (χ3n) is 4.07. The molecule has 1 aromatic rings. The van der Waals surface area contributed by atoms with Gasteiger partial charge in [0.1, 0.15) is 0 Å². The van der Waals surface area contributed by atoms with Crippen LogP contribution in [-0.2, 0) is 4.79 Å². The fraction of sp³-hybridized carbons (Fsp3) is 0.643. The number of rotatable bonds is 4. The van der Waals surface area contributed by atoms with Crippen molar-refractivity contribution in [2.24, 2.45) is 11.8 Å². The lowest BCUT2D eigenvalue weighted by atomic mass is 10.1. The van der Waals surface area contributed by atoms with E-state index in [2.05, 4.69) is 27.5 Å². The van der Waals surface area contributed by atoms with Crippen molar-refractivity contribution >= 4 is 17.5 Å². The summed E-state index contributed by atoms with van der Waals surface area (Å²) >= 11 is 0. The van der Waals surface area contributed by atoms with Crippen LogP contribution in [0.25, 0.3) is 0 Å². The summed E-state index contributed by atoms with van der Waals surface area (Å²) in [6.07, 6.45) is 8.87. The predicted octanol–water partition coefficient (Wildman–Crippen LogP) is 2.43. The molecule has 0 bridgehead atoms. The van der Waals surface area contributed by atoms with Crippen molar-refractivity contribution < 1.29 is 4.79 Å². The van der Waals surface area contributed by atoms with Gasteiger partial charge in [0.2, 0.25) is 11.9 Å². The highest BCUT2D eigenvalue weighted by atomic mass is 16.1. The molecule has 19 heavy (non-hydrogen) atoms. The van der Waals surface area contributed by atoms with Gasteiger partial charge in [0, 0.05) is 12.0 Å². The Kier molecular flexibility index (Phi) is 3.36. The van der Waals surface area contributed by atoms with Crippen LogP contribution in [0, 0.1) is 11.8 Å². The molecule has 2 aliphatic rings. The summed E-state index contributed by atoms with van der Waals surface area (Å²) in [6.45, 7) is 2.20. The number of carbonyl (C=O) groups is 1. The maximum Gasteiger partial charge on any atom is 0.227 e. The maximum atomic E-state index is 11.9. The van der Waals surface area contributed by atoms with Crippen LogP contribution < -0.4 is 10.6 Å². The third-order valence-corrected chi connectivity index (χ3v) is 4.07. The summed E-state index contributed by atoms with van der Waals surface area (Å²) in [4.78, 5) is 20.4. The zero-order chi connectivity index (χ0) is 13.2. The molecule has 2 unspecified atom stereocenters. The first-order chi connectivity index (χ1) is 9.22. The predicted molar refractivity (Wildman–Crippen MR) is 73.8 cm³/mol. The molecule has 5 nitrogen and oxygen atoms in total. The third kappa shape index (κ3) is 3.03. The molecule has 2 N–H and O–H groups in total. The summed E-state index contributed by atoms with van der Waals surface area (Å²) < 4.78 is 0. The molecule has 2 aliphatic carbocycles. The van der Waals surface area contributed by atoms with E-state index in [0.29, 0.717) is 23.6 Å². The Morgan fingerprint density at radius 3 is 2.47 bits per heavy atom. The Morgan fingerprint density at radius 2 is 1.89 bits per heavy atom. The number of anilines is 2. The molecule has 3 rings (SSSR count). The molecule has 1 heterocycles. The highest BCUT2D eigenvalue weighted by molar-refractivity contribution is 5.92. The molecule has 2 atom stereocenters. The lowest BCUT2D eigenvalue weighted by Gasteiger charge is -2.10. The maximum absolute atomic E-state index is 11.9. The van der Waals surface area contributed by atoms with Crippen LogP contribution in [0.2, 0.25) is 0 Å². The average molecular weight is 260 g/mol. The molecule has 1 aromatic heterocycles. The Balaban J connectivity index is 1.54. The quantitative estimate of drug-likeness (QED) is 0.872. The van der Waals surface area contributed by atoms with E-state index in [1.165, 1.54) is 6.42 Å². The first-order valence-corrected chi connectivity index (χ1v) is 7.12. The summed E-state index contributed by atoms with van der Waals surface area (Å²) in [6, 6.07) is 0.513. The van der Waals surface area contributed by atoms with Gasteiger partial charge in [0.15, 0.2) is 0 Å². The molecule has 102 valence electrons. The highest BCUT2D eigenvalue weighted by Gasteiger charge is 2.32. The smallest absolute Gasteiger partial charge is 0.227 e. The van der Waals surface area contributed by atoms with Gasteiger partial charge < -0.3 is 10.6 Å². The SMILES string of the molecule is CC1CC1Nc1ncc(NC(=O)C2CCCC2)cn1. The van der Waals surface area contributed by atoms with Gasteiger partial charge in [0.25, 0.3) is 0 Å². The molecule has 0 aliphatic heterocycles. The topological polar surface area (TPSA) is 66.9 Å². The summed E-state index contributed by atoms with van der Waals surface area (Å²) in [5, 5.41) is 6.16.